The molecule has 162 valence electrons. The number of hydrogen-bond acceptors (Lipinski definition) is 2. The Kier molecular flexibility index (Phi) is 7.83. The molecule has 10 radical (unpaired) electrons. The van der Waals surface area contributed by atoms with E-state index in [4.69, 9.17) is 9.47 Å². The quantitative estimate of drug-likeness (QED) is 0.402. The van der Waals surface area contributed by atoms with Gasteiger partial charge in [-0.2, -0.15) is 0 Å². The van der Waals surface area contributed by atoms with Crippen molar-refractivity contribution in [2.24, 2.45) is 0 Å². The van der Waals surface area contributed by atoms with E-state index >= 15 is 0 Å². The van der Waals surface area contributed by atoms with Crippen LogP contribution in [0.5, 0.6) is 11.5 Å². The second-order valence-electron chi connectivity index (χ2n) is 7.74. The zero-order valence-corrected chi connectivity index (χ0v) is 19.4. The molecule has 6 rings (SSSR count). The van der Waals surface area contributed by atoms with Gasteiger partial charge in [0, 0.05) is 22.4 Å². The van der Waals surface area contributed by atoms with Crippen LogP contribution in [0.4, 0.5) is 0 Å². The van der Waals surface area contributed by atoms with Crippen LogP contribution >= 0.6 is 0 Å². The van der Waals surface area contributed by atoms with Crippen molar-refractivity contribution in [2.75, 3.05) is 7.11 Å². The largest absolute Gasteiger partial charge is 2.00 e. The number of methoxy groups -OCH3 is 1. The first kappa shape index (κ1) is 23.9. The Balaban J connectivity index is 0.000000385. The summed E-state index contributed by atoms with van der Waals surface area (Å²) in [5.74, 6) is 2.87. The fourth-order valence-electron chi connectivity index (χ4n) is 4.17. The Morgan fingerprint density at radius 3 is 2.06 bits per heavy atom. The topological polar surface area (TPSA) is 18.5 Å². The van der Waals surface area contributed by atoms with Gasteiger partial charge in [-0.25, -0.2) is 0 Å². The van der Waals surface area contributed by atoms with Crippen molar-refractivity contribution in [3.63, 3.8) is 0 Å². The van der Waals surface area contributed by atoms with Crippen LogP contribution in [0.2, 0.25) is 0 Å². The van der Waals surface area contributed by atoms with E-state index in [-0.39, 0.29) is 17.1 Å². The molecule has 33 heavy (non-hydrogen) atoms. The van der Waals surface area contributed by atoms with Gasteiger partial charge >= 0.3 is 17.1 Å². The van der Waals surface area contributed by atoms with Crippen molar-refractivity contribution in [1.82, 2.24) is 0 Å². The van der Waals surface area contributed by atoms with Crippen molar-refractivity contribution >= 4 is 16.8 Å². The molecule has 3 aliphatic rings. The average Bonchev–Trinajstić information content (AvgIpc) is 3.61. The van der Waals surface area contributed by atoms with E-state index in [1.165, 1.54) is 5.39 Å². The predicted octanol–water partition coefficient (Wildman–Crippen LogP) is 6.57. The van der Waals surface area contributed by atoms with E-state index in [0.717, 1.165) is 33.9 Å². The van der Waals surface area contributed by atoms with Gasteiger partial charge in [0.2, 0.25) is 0 Å². The van der Waals surface area contributed by atoms with E-state index in [0.29, 0.717) is 0 Å². The Bertz CT molecular complexity index is 1070. The van der Waals surface area contributed by atoms with Crippen molar-refractivity contribution < 1.29 is 26.5 Å². The summed E-state index contributed by atoms with van der Waals surface area (Å²) in [7, 11) is 1.68. The van der Waals surface area contributed by atoms with Crippen LogP contribution in [0, 0.1) is 63.7 Å². The third kappa shape index (κ3) is 4.86. The maximum absolute atomic E-state index is 6.81. The number of rotatable bonds is 3. The summed E-state index contributed by atoms with van der Waals surface area (Å²) in [5, 5.41) is 2.31. The van der Waals surface area contributed by atoms with Gasteiger partial charge in [0.25, 0.3) is 0 Å². The molecule has 0 bridgehead atoms. The summed E-state index contributed by atoms with van der Waals surface area (Å²) in [5.41, 5.74) is 1.51. The Morgan fingerprint density at radius 2 is 1.39 bits per heavy atom. The molecule has 1 unspecified atom stereocenters. The van der Waals surface area contributed by atoms with Gasteiger partial charge in [-0.1, -0.05) is 54.6 Å². The summed E-state index contributed by atoms with van der Waals surface area (Å²) in [6.07, 6.45) is 22.7. The maximum Gasteiger partial charge on any atom is 2.00 e. The molecule has 2 nitrogen and oxygen atoms in total. The predicted molar refractivity (Wildman–Crippen MR) is 130 cm³/mol. The minimum Gasteiger partial charge on any atom is -0.497 e. The van der Waals surface area contributed by atoms with Gasteiger partial charge < -0.3 is 9.47 Å². The minimum absolute atomic E-state index is 0. The molecule has 1 heterocycles. The molecule has 2 fully saturated rings. The van der Waals surface area contributed by atoms with Crippen molar-refractivity contribution in [1.29, 1.82) is 0 Å². The Hall–Kier alpha value is -2.22. The summed E-state index contributed by atoms with van der Waals surface area (Å²) in [6.45, 7) is 0. The monoisotopic (exact) mass is 472 g/mol. The number of hydrogen-bond donors (Lipinski definition) is 0. The Morgan fingerprint density at radius 1 is 0.727 bits per heavy atom. The molecule has 2 saturated carbocycles. The molecular formula is C30H24FeO2+2. The Labute approximate surface area is 208 Å². The first-order chi connectivity index (χ1) is 15.8. The van der Waals surface area contributed by atoms with Crippen LogP contribution in [-0.2, 0) is 22.7 Å². The van der Waals surface area contributed by atoms with Crippen molar-refractivity contribution in [3.8, 4) is 11.5 Å². The maximum atomic E-state index is 6.81. The van der Waals surface area contributed by atoms with Gasteiger partial charge in [0.1, 0.15) is 11.5 Å². The molecule has 3 aromatic carbocycles. The summed E-state index contributed by atoms with van der Waals surface area (Å²) >= 11 is 0. The standard InChI is InChI=1S/C25H19O2.C5H5.Fe/c1-26-22-14-12-21(13-15-22)25(20-7-3-4-8-20)17-16-19-11-10-18-6-2-5-9-23(18)24(19)27-25;1-2-4-5-3-1;/h2-17H,1H3;1-5H;/q;;+2. The van der Waals surface area contributed by atoms with Crippen LogP contribution in [0.15, 0.2) is 66.7 Å². The summed E-state index contributed by atoms with van der Waals surface area (Å²) in [6, 6.07) is 20.7. The third-order valence-corrected chi connectivity index (χ3v) is 5.84. The number of ether oxygens (including phenoxy) is 2. The molecular weight excluding hydrogens is 448 g/mol. The normalized spacial score (nSPS) is 21.5. The fourth-order valence-corrected chi connectivity index (χ4v) is 4.17. The van der Waals surface area contributed by atoms with Crippen LogP contribution < -0.4 is 9.47 Å². The van der Waals surface area contributed by atoms with Gasteiger partial charge in [0.05, 0.1) is 7.11 Å². The van der Waals surface area contributed by atoms with E-state index in [1.54, 1.807) is 7.11 Å². The molecule has 0 N–H and O–H groups in total. The van der Waals surface area contributed by atoms with Crippen molar-refractivity contribution in [2.45, 2.75) is 5.60 Å². The molecule has 0 saturated heterocycles. The fraction of sp³-hybridized carbons (Fsp3) is 0.0667. The van der Waals surface area contributed by atoms with E-state index in [1.807, 2.05) is 44.2 Å². The van der Waals surface area contributed by atoms with E-state index in [9.17, 15) is 0 Å². The van der Waals surface area contributed by atoms with Crippen molar-refractivity contribution in [3.05, 3.63) is 142 Å². The molecule has 1 atom stereocenters. The zero-order chi connectivity index (χ0) is 21.8. The molecule has 1 aliphatic heterocycles. The zero-order valence-electron chi connectivity index (χ0n) is 18.3. The number of fused-ring (bicyclic) bond motifs is 3. The molecule has 2 aliphatic carbocycles. The molecule has 0 spiro atoms. The number of benzene rings is 3. The molecule has 0 aromatic heterocycles. The van der Waals surface area contributed by atoms with E-state index < -0.39 is 5.60 Å². The SMILES string of the molecule is COc1ccc(C2([C]3[CH][CH][CH][CH]3)C=Cc3ccc4ccccc4c3O2)cc1.[CH]1[CH][CH][CH][CH]1.[Fe+2]. The second-order valence-corrected chi connectivity index (χ2v) is 7.74. The third-order valence-electron chi connectivity index (χ3n) is 5.84. The first-order valence-corrected chi connectivity index (χ1v) is 10.7. The second kappa shape index (κ2) is 10.8. The van der Waals surface area contributed by atoms with Crippen LogP contribution in [0.3, 0.4) is 0 Å². The summed E-state index contributed by atoms with van der Waals surface area (Å²) in [4.78, 5) is 0. The average molecular weight is 472 g/mol. The first-order valence-electron chi connectivity index (χ1n) is 10.7. The summed E-state index contributed by atoms with van der Waals surface area (Å²) < 4.78 is 12.1. The van der Waals surface area contributed by atoms with Gasteiger partial charge in [-0.05, 0) is 81.4 Å². The van der Waals surface area contributed by atoms with Crippen LogP contribution in [-0.4, -0.2) is 7.11 Å². The smallest absolute Gasteiger partial charge is 0.497 e. The van der Waals surface area contributed by atoms with Gasteiger partial charge in [-0.3, -0.25) is 0 Å². The molecule has 3 aromatic rings. The molecule has 3 heteroatoms. The van der Waals surface area contributed by atoms with Crippen LogP contribution in [0.1, 0.15) is 11.1 Å². The van der Waals surface area contributed by atoms with E-state index in [2.05, 4.69) is 86.4 Å². The molecule has 0 amide bonds. The minimum atomic E-state index is -0.660. The van der Waals surface area contributed by atoms with Crippen LogP contribution in [0.25, 0.3) is 16.8 Å². The van der Waals surface area contributed by atoms with Gasteiger partial charge in [0.15, 0.2) is 5.60 Å². The van der Waals surface area contributed by atoms with Gasteiger partial charge in [-0.15, -0.1) is 0 Å².